The summed E-state index contributed by atoms with van der Waals surface area (Å²) in [5.41, 5.74) is 1.12. The summed E-state index contributed by atoms with van der Waals surface area (Å²) < 4.78 is 13.3. The molecule has 9 nitrogen and oxygen atoms in total. The van der Waals surface area contributed by atoms with Crippen LogP contribution in [-0.2, 0) is 0 Å². The Hall–Kier alpha value is -3.90. The molecule has 0 aliphatic carbocycles. The average molecular weight is 467 g/mol. The first-order valence-corrected chi connectivity index (χ1v) is 10.6. The fourth-order valence-electron chi connectivity index (χ4n) is 4.67. The van der Waals surface area contributed by atoms with Crippen LogP contribution in [0, 0.1) is 18.3 Å². The van der Waals surface area contributed by atoms with Gasteiger partial charge in [-0.05, 0) is 55.3 Å². The van der Waals surface area contributed by atoms with Crippen molar-refractivity contribution in [3.05, 3.63) is 68.7 Å². The molecular weight excluding hydrogens is 448 g/mol. The Balaban J connectivity index is 1.48. The first kappa shape index (κ1) is 21.0. The molecule has 1 aromatic heterocycles. The van der Waals surface area contributed by atoms with Gasteiger partial charge in [0.1, 0.15) is 23.3 Å². The number of likely N-dealkylation sites (tertiary alicyclic amines) is 1. The van der Waals surface area contributed by atoms with Gasteiger partial charge in [0.2, 0.25) is 5.88 Å². The second kappa shape index (κ2) is 7.60. The number of fused-ring (bicyclic) bond motifs is 5. The smallest absolute Gasteiger partial charge is 0.415 e. The lowest BCUT2D eigenvalue weighted by Gasteiger charge is -2.26. The van der Waals surface area contributed by atoms with E-state index in [4.69, 9.17) is 21.1 Å². The number of nitrogens with zero attached hydrogens (tertiary/aromatic N) is 4. The molecule has 1 saturated heterocycles. The third-order valence-electron chi connectivity index (χ3n) is 6.28. The summed E-state index contributed by atoms with van der Waals surface area (Å²) in [6.45, 7) is 1.98. The molecule has 2 aromatic carbocycles. The van der Waals surface area contributed by atoms with Gasteiger partial charge < -0.3 is 14.6 Å². The molecule has 10 heteroatoms. The van der Waals surface area contributed by atoms with Crippen LogP contribution in [0.5, 0.6) is 17.4 Å². The molecule has 1 amide bonds. The molecule has 5 rings (SSSR count). The van der Waals surface area contributed by atoms with E-state index in [-0.39, 0.29) is 22.5 Å². The molecule has 0 spiro atoms. The van der Waals surface area contributed by atoms with E-state index in [9.17, 15) is 20.0 Å². The van der Waals surface area contributed by atoms with Crippen molar-refractivity contribution in [1.29, 1.82) is 5.26 Å². The second-order valence-electron chi connectivity index (χ2n) is 7.98. The zero-order chi connectivity index (χ0) is 23.4. The molecule has 2 aliphatic rings. The maximum atomic E-state index is 13.2. The van der Waals surface area contributed by atoms with E-state index in [1.165, 1.54) is 20.1 Å². The first-order chi connectivity index (χ1) is 15.8. The fourth-order valence-corrected chi connectivity index (χ4v) is 4.87. The number of hydrogen-bond donors (Lipinski definition) is 1. The van der Waals surface area contributed by atoms with Crippen LogP contribution < -0.4 is 15.2 Å². The molecule has 1 unspecified atom stereocenters. The molecule has 3 aromatic rings. The lowest BCUT2D eigenvalue weighted by Crippen LogP contribution is -2.39. The third kappa shape index (κ3) is 3.06. The highest BCUT2D eigenvalue weighted by molar-refractivity contribution is 6.32. The van der Waals surface area contributed by atoms with Gasteiger partial charge in [0.15, 0.2) is 0 Å². The number of ether oxygens (including phenoxy) is 2. The number of methoxy groups -OCH3 is 1. The van der Waals surface area contributed by atoms with Gasteiger partial charge >= 0.3 is 11.8 Å². The topological polar surface area (TPSA) is 110 Å². The SMILES string of the molecule is COc1ccc(OC(=O)N2C[C@H]3CC2c2c(O)n(-c4ccc(C#N)c(Cl)c4C)c(=O)n23)cc1. The van der Waals surface area contributed by atoms with Crippen molar-refractivity contribution >= 4 is 17.7 Å². The van der Waals surface area contributed by atoms with Crippen molar-refractivity contribution in [3.8, 4) is 29.1 Å². The maximum absolute atomic E-state index is 13.2. The minimum atomic E-state index is -0.559. The average Bonchev–Trinajstić information content (AvgIpc) is 3.48. The maximum Gasteiger partial charge on any atom is 0.415 e. The molecule has 33 heavy (non-hydrogen) atoms. The standard InChI is InChI=1S/C23H19ClN4O5/c1-12-17(8-3-13(10-25)19(12)24)28-21(29)20-18-9-14(27(20)22(28)30)11-26(18)23(31)33-16-6-4-15(32-2)5-7-16/h3-8,14,18,29H,9,11H2,1-2H3/t14-,18?/m1/s1. The zero-order valence-electron chi connectivity index (χ0n) is 17.8. The summed E-state index contributed by atoms with van der Waals surface area (Å²) in [6, 6.07) is 10.9. The van der Waals surface area contributed by atoms with Gasteiger partial charge in [0, 0.05) is 6.54 Å². The van der Waals surface area contributed by atoms with Gasteiger partial charge in [-0.1, -0.05) is 11.6 Å². The summed E-state index contributed by atoms with van der Waals surface area (Å²) >= 11 is 6.27. The Kier molecular flexibility index (Phi) is 4.83. The number of aromatic hydroxyl groups is 1. The van der Waals surface area contributed by atoms with Crippen LogP contribution in [0.4, 0.5) is 4.79 Å². The number of carbonyl (C=O) groups is 1. The van der Waals surface area contributed by atoms with Crippen LogP contribution >= 0.6 is 11.6 Å². The van der Waals surface area contributed by atoms with Crippen LogP contribution in [0.15, 0.2) is 41.2 Å². The molecule has 0 saturated carbocycles. The van der Waals surface area contributed by atoms with Crippen molar-refractivity contribution in [1.82, 2.24) is 14.0 Å². The minimum Gasteiger partial charge on any atom is -0.497 e. The molecule has 1 fully saturated rings. The van der Waals surface area contributed by atoms with Crippen LogP contribution in [0.1, 0.15) is 35.3 Å². The Morgan fingerprint density at radius 1 is 1.21 bits per heavy atom. The largest absolute Gasteiger partial charge is 0.497 e. The minimum absolute atomic E-state index is 0.223. The van der Waals surface area contributed by atoms with Crippen LogP contribution in [0.25, 0.3) is 5.69 Å². The van der Waals surface area contributed by atoms with E-state index in [0.29, 0.717) is 41.4 Å². The summed E-state index contributed by atoms with van der Waals surface area (Å²) in [5.74, 6) is 0.757. The summed E-state index contributed by atoms with van der Waals surface area (Å²) in [6.07, 6.45) is -0.0415. The monoisotopic (exact) mass is 466 g/mol. The van der Waals surface area contributed by atoms with Crippen molar-refractivity contribution in [2.45, 2.75) is 25.4 Å². The fraction of sp³-hybridized carbons (Fsp3) is 0.261. The van der Waals surface area contributed by atoms with Gasteiger partial charge in [-0.2, -0.15) is 5.26 Å². The third-order valence-corrected chi connectivity index (χ3v) is 6.76. The number of imidazole rings is 1. The number of hydrogen-bond acceptors (Lipinski definition) is 6. The van der Waals surface area contributed by atoms with Crippen molar-refractivity contribution < 1.29 is 19.4 Å². The predicted octanol–water partition coefficient (Wildman–Crippen LogP) is 3.69. The number of amides is 1. The highest BCUT2D eigenvalue weighted by Gasteiger charge is 2.50. The van der Waals surface area contributed by atoms with E-state index in [1.54, 1.807) is 44.4 Å². The predicted molar refractivity (Wildman–Crippen MR) is 118 cm³/mol. The van der Waals surface area contributed by atoms with Crippen LogP contribution in [0.3, 0.4) is 0 Å². The van der Waals surface area contributed by atoms with E-state index < -0.39 is 17.8 Å². The van der Waals surface area contributed by atoms with Gasteiger partial charge in [-0.15, -0.1) is 0 Å². The van der Waals surface area contributed by atoms with Gasteiger partial charge in [0.05, 0.1) is 35.5 Å². The Bertz CT molecular complexity index is 1390. The molecule has 2 aliphatic heterocycles. The summed E-state index contributed by atoms with van der Waals surface area (Å²) in [5, 5.41) is 20.4. The van der Waals surface area contributed by atoms with Gasteiger partial charge in [-0.25, -0.2) is 14.2 Å². The molecule has 0 radical (unpaired) electrons. The number of nitriles is 1. The Labute approximate surface area is 193 Å². The molecular formula is C23H19ClN4O5. The highest BCUT2D eigenvalue weighted by atomic mass is 35.5. The Morgan fingerprint density at radius 2 is 1.91 bits per heavy atom. The van der Waals surface area contributed by atoms with Crippen LogP contribution in [-0.4, -0.2) is 38.9 Å². The summed E-state index contributed by atoms with van der Waals surface area (Å²) in [7, 11) is 1.55. The normalized spacial score (nSPS) is 18.2. The van der Waals surface area contributed by atoms with E-state index in [0.717, 1.165) is 0 Å². The van der Waals surface area contributed by atoms with Crippen LogP contribution in [0.2, 0.25) is 5.02 Å². The van der Waals surface area contributed by atoms with E-state index in [2.05, 4.69) is 0 Å². The molecule has 168 valence electrons. The van der Waals surface area contributed by atoms with E-state index >= 15 is 0 Å². The van der Waals surface area contributed by atoms with Crippen molar-refractivity contribution in [3.63, 3.8) is 0 Å². The summed E-state index contributed by atoms with van der Waals surface area (Å²) in [4.78, 5) is 27.6. The highest BCUT2D eigenvalue weighted by Crippen LogP contribution is 2.49. The molecule has 1 N–H and O–H groups in total. The first-order valence-electron chi connectivity index (χ1n) is 10.2. The van der Waals surface area contributed by atoms with Gasteiger partial charge in [0.25, 0.3) is 0 Å². The lowest BCUT2D eigenvalue weighted by molar-refractivity contribution is 0.140. The van der Waals surface area contributed by atoms with Crippen molar-refractivity contribution in [2.75, 3.05) is 13.7 Å². The molecule has 2 bridgehead atoms. The lowest BCUT2D eigenvalue weighted by atomic mass is 10.1. The second-order valence-corrected chi connectivity index (χ2v) is 8.36. The molecule has 3 heterocycles. The van der Waals surface area contributed by atoms with Crippen molar-refractivity contribution in [2.24, 2.45) is 0 Å². The zero-order valence-corrected chi connectivity index (χ0v) is 18.5. The number of aromatic nitrogens is 2. The molecule has 2 atom stereocenters. The van der Waals surface area contributed by atoms with E-state index in [1.807, 2.05) is 6.07 Å². The quantitative estimate of drug-likeness (QED) is 0.630. The number of carbonyl (C=O) groups excluding carboxylic acids is 1. The van der Waals surface area contributed by atoms with Gasteiger partial charge in [-0.3, -0.25) is 9.47 Å². The number of benzene rings is 2. The number of halogens is 1. The Morgan fingerprint density at radius 3 is 2.58 bits per heavy atom. The number of rotatable bonds is 3.